The Kier molecular flexibility index (Phi) is 2.15. The molecule has 0 atom stereocenters. The molecule has 0 unspecified atom stereocenters. The molecule has 2 aromatic heterocycles. The molecule has 0 aliphatic heterocycles. The van der Waals surface area contributed by atoms with E-state index in [0.717, 1.165) is 0 Å². The first-order chi connectivity index (χ1) is 7.50. The van der Waals surface area contributed by atoms with Gasteiger partial charge in [-0.15, -0.1) is 0 Å². The molecule has 1 amide bonds. The third-order valence-electron chi connectivity index (χ3n) is 2.32. The summed E-state index contributed by atoms with van der Waals surface area (Å²) in [7, 11) is 1.75. The molecule has 0 fully saturated rings. The van der Waals surface area contributed by atoms with Crippen molar-refractivity contribution in [2.45, 2.75) is 6.92 Å². The van der Waals surface area contributed by atoms with Crippen LogP contribution in [0.3, 0.4) is 0 Å². The van der Waals surface area contributed by atoms with E-state index in [1.165, 1.54) is 17.1 Å². The summed E-state index contributed by atoms with van der Waals surface area (Å²) >= 11 is 0. The summed E-state index contributed by atoms with van der Waals surface area (Å²) in [5, 5.41) is 8.17. The average Bonchev–Trinajstić information content (AvgIpc) is 2.74. The fourth-order valence-corrected chi connectivity index (χ4v) is 1.50. The molecule has 2 rings (SSSR count). The van der Waals surface area contributed by atoms with E-state index in [1.807, 2.05) is 0 Å². The highest BCUT2D eigenvalue weighted by molar-refractivity contribution is 5.92. The molecule has 2 heterocycles. The van der Waals surface area contributed by atoms with Gasteiger partial charge in [0.25, 0.3) is 5.91 Å². The third kappa shape index (κ3) is 1.42. The Morgan fingerprint density at radius 1 is 1.50 bits per heavy atom. The van der Waals surface area contributed by atoms with E-state index in [0.29, 0.717) is 22.8 Å². The van der Waals surface area contributed by atoms with E-state index >= 15 is 0 Å². The Morgan fingerprint density at radius 3 is 2.62 bits per heavy atom. The number of nitrogens with two attached hydrogens (primary N) is 2. The summed E-state index contributed by atoms with van der Waals surface area (Å²) in [6.45, 7) is 1.80. The van der Waals surface area contributed by atoms with Crippen LogP contribution >= 0.6 is 0 Å². The minimum Gasteiger partial charge on any atom is -0.394 e. The van der Waals surface area contributed by atoms with Crippen molar-refractivity contribution in [1.82, 2.24) is 19.6 Å². The monoisotopic (exact) mass is 220 g/mol. The van der Waals surface area contributed by atoms with Crippen LogP contribution in [0.4, 0.5) is 5.69 Å². The molecule has 2 aromatic rings. The zero-order chi connectivity index (χ0) is 11.9. The lowest BCUT2D eigenvalue weighted by molar-refractivity contribution is 0.100. The molecule has 4 N–H and O–H groups in total. The zero-order valence-electron chi connectivity index (χ0n) is 9.01. The molecule has 0 saturated heterocycles. The maximum absolute atomic E-state index is 10.9. The summed E-state index contributed by atoms with van der Waals surface area (Å²) in [6, 6.07) is 0. The summed E-state index contributed by atoms with van der Waals surface area (Å²) in [5.74, 6) is 0.0914. The predicted octanol–water partition coefficient (Wildman–Crippen LogP) is -0.405. The van der Waals surface area contributed by atoms with Gasteiger partial charge in [0.1, 0.15) is 0 Å². The van der Waals surface area contributed by atoms with Gasteiger partial charge >= 0.3 is 0 Å². The number of carbonyl (C=O) groups excluding carboxylic acids is 1. The number of nitrogens with zero attached hydrogens (tertiary/aromatic N) is 4. The molecule has 84 valence electrons. The number of rotatable bonds is 2. The van der Waals surface area contributed by atoms with Gasteiger partial charge in [-0.3, -0.25) is 4.79 Å². The Hall–Kier alpha value is -2.31. The average molecular weight is 220 g/mol. The van der Waals surface area contributed by atoms with Crippen molar-refractivity contribution < 1.29 is 4.79 Å². The number of hydrogen-bond acceptors (Lipinski definition) is 4. The number of nitrogen functional groups attached to an aromatic ring is 1. The predicted molar refractivity (Wildman–Crippen MR) is 58.0 cm³/mol. The van der Waals surface area contributed by atoms with Gasteiger partial charge in [-0.2, -0.15) is 10.2 Å². The molecule has 0 aliphatic rings. The van der Waals surface area contributed by atoms with Gasteiger partial charge in [0.05, 0.1) is 23.1 Å². The van der Waals surface area contributed by atoms with Crippen LogP contribution in [0.1, 0.15) is 16.1 Å². The van der Waals surface area contributed by atoms with E-state index in [2.05, 4.69) is 10.2 Å². The zero-order valence-corrected chi connectivity index (χ0v) is 9.01. The van der Waals surface area contributed by atoms with Gasteiger partial charge in [-0.05, 0) is 6.92 Å². The van der Waals surface area contributed by atoms with Crippen LogP contribution in [0.25, 0.3) is 5.82 Å². The van der Waals surface area contributed by atoms with E-state index in [-0.39, 0.29) is 0 Å². The van der Waals surface area contributed by atoms with Crippen LogP contribution in [0.15, 0.2) is 12.4 Å². The molecule has 7 heteroatoms. The van der Waals surface area contributed by atoms with Gasteiger partial charge in [0, 0.05) is 13.2 Å². The third-order valence-corrected chi connectivity index (χ3v) is 2.32. The van der Waals surface area contributed by atoms with Gasteiger partial charge in [0.2, 0.25) is 0 Å². The van der Waals surface area contributed by atoms with Crippen LogP contribution in [0, 0.1) is 6.92 Å². The smallest absolute Gasteiger partial charge is 0.251 e. The van der Waals surface area contributed by atoms with E-state index < -0.39 is 5.91 Å². The first kappa shape index (κ1) is 10.2. The second kappa shape index (κ2) is 3.37. The number of amides is 1. The standard InChI is InChI=1S/C9H12N6O/c1-5-7(10)9(14(2)13-5)15-4-6(3-12-15)8(11)16/h3-4H,10H2,1-2H3,(H2,11,16). The van der Waals surface area contributed by atoms with Crippen LogP contribution in [-0.4, -0.2) is 25.5 Å². The van der Waals surface area contributed by atoms with Crippen molar-refractivity contribution in [2.24, 2.45) is 12.8 Å². The second-order valence-corrected chi connectivity index (χ2v) is 3.48. The van der Waals surface area contributed by atoms with Crippen LogP contribution in [-0.2, 0) is 7.05 Å². The summed E-state index contributed by atoms with van der Waals surface area (Å²) in [5.41, 5.74) is 12.6. The molecule has 7 nitrogen and oxygen atoms in total. The van der Waals surface area contributed by atoms with Crippen LogP contribution < -0.4 is 11.5 Å². The maximum atomic E-state index is 10.9. The van der Waals surface area contributed by atoms with E-state index in [9.17, 15) is 4.79 Å². The number of aryl methyl sites for hydroxylation is 2. The first-order valence-corrected chi connectivity index (χ1v) is 4.64. The largest absolute Gasteiger partial charge is 0.394 e. The highest BCUT2D eigenvalue weighted by Crippen LogP contribution is 2.19. The first-order valence-electron chi connectivity index (χ1n) is 4.64. The SMILES string of the molecule is Cc1nn(C)c(-n2cc(C(N)=O)cn2)c1N. The van der Waals surface area contributed by atoms with Crippen molar-refractivity contribution in [3.8, 4) is 5.82 Å². The molecule has 0 radical (unpaired) electrons. The summed E-state index contributed by atoms with van der Waals surface area (Å²) in [4.78, 5) is 10.9. The Labute approximate surface area is 91.6 Å². The molecule has 0 aromatic carbocycles. The molecule has 16 heavy (non-hydrogen) atoms. The second-order valence-electron chi connectivity index (χ2n) is 3.48. The van der Waals surface area contributed by atoms with Gasteiger partial charge < -0.3 is 11.5 Å². The van der Waals surface area contributed by atoms with Gasteiger partial charge in [-0.25, -0.2) is 9.36 Å². The minimum atomic E-state index is -0.524. The molecule has 0 bridgehead atoms. The maximum Gasteiger partial charge on any atom is 0.251 e. The van der Waals surface area contributed by atoms with E-state index in [4.69, 9.17) is 11.5 Å². The highest BCUT2D eigenvalue weighted by Gasteiger charge is 2.14. The number of carbonyl (C=O) groups is 1. The van der Waals surface area contributed by atoms with Crippen molar-refractivity contribution in [3.63, 3.8) is 0 Å². The number of hydrogen-bond donors (Lipinski definition) is 2. The molecule has 0 aliphatic carbocycles. The Balaban J connectivity index is 2.54. The van der Waals surface area contributed by atoms with Crippen LogP contribution in [0.5, 0.6) is 0 Å². The van der Waals surface area contributed by atoms with Crippen molar-refractivity contribution in [1.29, 1.82) is 0 Å². The highest BCUT2D eigenvalue weighted by atomic mass is 16.1. The van der Waals surface area contributed by atoms with Crippen molar-refractivity contribution in [2.75, 3.05) is 5.73 Å². The molecular weight excluding hydrogens is 208 g/mol. The van der Waals surface area contributed by atoms with Gasteiger partial charge in [-0.1, -0.05) is 0 Å². The lowest BCUT2D eigenvalue weighted by Crippen LogP contribution is -2.10. The van der Waals surface area contributed by atoms with E-state index in [1.54, 1.807) is 18.7 Å². The minimum absolute atomic E-state index is 0.332. The Bertz CT molecular complexity index is 552. The summed E-state index contributed by atoms with van der Waals surface area (Å²) < 4.78 is 3.08. The fraction of sp³-hybridized carbons (Fsp3) is 0.222. The Morgan fingerprint density at radius 2 is 2.19 bits per heavy atom. The molecular formula is C9H12N6O. The quantitative estimate of drug-likeness (QED) is 0.718. The van der Waals surface area contributed by atoms with Crippen molar-refractivity contribution >= 4 is 11.6 Å². The lowest BCUT2D eigenvalue weighted by Gasteiger charge is -2.02. The fourth-order valence-electron chi connectivity index (χ4n) is 1.50. The molecule has 0 saturated carbocycles. The number of aromatic nitrogens is 4. The number of primary amides is 1. The normalized spacial score (nSPS) is 10.6. The number of anilines is 1. The van der Waals surface area contributed by atoms with Crippen molar-refractivity contribution in [3.05, 3.63) is 23.7 Å². The summed E-state index contributed by atoms with van der Waals surface area (Å²) in [6.07, 6.45) is 2.92. The van der Waals surface area contributed by atoms with Crippen LogP contribution in [0.2, 0.25) is 0 Å². The van der Waals surface area contributed by atoms with Gasteiger partial charge in [0.15, 0.2) is 5.82 Å². The molecule has 0 spiro atoms. The lowest BCUT2D eigenvalue weighted by atomic mass is 10.3. The topological polar surface area (TPSA) is 105 Å².